The van der Waals surface area contributed by atoms with E-state index in [1.807, 2.05) is 0 Å². The SMILES string of the molecule is COC1(c2nccc(N)n2)CCCCCC1. The van der Waals surface area contributed by atoms with Crippen molar-refractivity contribution in [3.05, 3.63) is 18.1 Å². The van der Waals surface area contributed by atoms with E-state index in [2.05, 4.69) is 9.97 Å². The number of nitrogens with two attached hydrogens (primary N) is 1. The zero-order valence-corrected chi connectivity index (χ0v) is 9.78. The van der Waals surface area contributed by atoms with E-state index >= 15 is 0 Å². The molecular weight excluding hydrogens is 202 g/mol. The Morgan fingerprint density at radius 3 is 2.50 bits per heavy atom. The predicted molar refractivity (Wildman–Crippen MR) is 62.8 cm³/mol. The van der Waals surface area contributed by atoms with Crippen LogP contribution in [0.2, 0.25) is 0 Å². The standard InChI is InChI=1S/C12H19N3O/c1-16-12(7-4-2-3-5-8-12)11-14-9-6-10(13)15-11/h6,9H,2-5,7-8H2,1H3,(H2,13,14,15). The first kappa shape index (κ1) is 11.3. The zero-order chi connectivity index (χ0) is 11.4. The summed E-state index contributed by atoms with van der Waals surface area (Å²) in [5.41, 5.74) is 5.40. The smallest absolute Gasteiger partial charge is 0.162 e. The van der Waals surface area contributed by atoms with Gasteiger partial charge in [-0.2, -0.15) is 0 Å². The molecule has 4 heteroatoms. The zero-order valence-electron chi connectivity index (χ0n) is 9.78. The third-order valence-electron chi connectivity index (χ3n) is 3.39. The molecule has 2 N–H and O–H groups in total. The molecule has 1 aromatic heterocycles. The van der Waals surface area contributed by atoms with Crippen LogP contribution in [0.5, 0.6) is 0 Å². The molecule has 2 rings (SSSR count). The third-order valence-corrected chi connectivity index (χ3v) is 3.39. The summed E-state index contributed by atoms with van der Waals surface area (Å²) in [5.74, 6) is 1.27. The Hall–Kier alpha value is -1.16. The summed E-state index contributed by atoms with van der Waals surface area (Å²) in [6, 6.07) is 1.71. The Balaban J connectivity index is 2.31. The summed E-state index contributed by atoms with van der Waals surface area (Å²) in [6.45, 7) is 0. The Morgan fingerprint density at radius 1 is 1.25 bits per heavy atom. The predicted octanol–water partition coefficient (Wildman–Crippen LogP) is 2.25. The van der Waals surface area contributed by atoms with Gasteiger partial charge in [-0.05, 0) is 18.9 Å². The molecule has 0 aliphatic heterocycles. The fourth-order valence-corrected chi connectivity index (χ4v) is 2.41. The number of ether oxygens (including phenoxy) is 1. The van der Waals surface area contributed by atoms with Gasteiger partial charge < -0.3 is 10.5 Å². The average molecular weight is 221 g/mol. The molecule has 1 fully saturated rings. The van der Waals surface area contributed by atoms with Gasteiger partial charge in [0.05, 0.1) is 0 Å². The van der Waals surface area contributed by atoms with Gasteiger partial charge in [0.15, 0.2) is 5.82 Å². The molecular formula is C12H19N3O. The van der Waals surface area contributed by atoms with Gasteiger partial charge in [-0.25, -0.2) is 9.97 Å². The number of anilines is 1. The van der Waals surface area contributed by atoms with Crippen molar-refractivity contribution in [1.29, 1.82) is 0 Å². The van der Waals surface area contributed by atoms with E-state index in [1.165, 1.54) is 25.7 Å². The number of aromatic nitrogens is 2. The molecule has 0 aromatic carbocycles. The topological polar surface area (TPSA) is 61.0 Å². The maximum absolute atomic E-state index is 5.72. The van der Waals surface area contributed by atoms with Gasteiger partial charge in [-0.3, -0.25) is 0 Å². The van der Waals surface area contributed by atoms with Crippen LogP contribution in [0.25, 0.3) is 0 Å². The Morgan fingerprint density at radius 2 is 1.94 bits per heavy atom. The summed E-state index contributed by atoms with van der Waals surface area (Å²) in [5, 5.41) is 0. The number of hydrogen-bond acceptors (Lipinski definition) is 4. The molecule has 4 nitrogen and oxygen atoms in total. The fourth-order valence-electron chi connectivity index (χ4n) is 2.41. The van der Waals surface area contributed by atoms with Gasteiger partial charge in [-0.15, -0.1) is 0 Å². The van der Waals surface area contributed by atoms with Gasteiger partial charge in [-0.1, -0.05) is 25.7 Å². The van der Waals surface area contributed by atoms with Gasteiger partial charge >= 0.3 is 0 Å². The summed E-state index contributed by atoms with van der Waals surface area (Å²) in [7, 11) is 1.75. The molecule has 1 aliphatic carbocycles. The molecule has 0 atom stereocenters. The lowest BCUT2D eigenvalue weighted by Crippen LogP contribution is -2.30. The quantitative estimate of drug-likeness (QED) is 0.778. The van der Waals surface area contributed by atoms with E-state index in [4.69, 9.17) is 10.5 Å². The highest BCUT2D eigenvalue weighted by molar-refractivity contribution is 5.26. The Kier molecular flexibility index (Phi) is 3.39. The molecule has 0 amide bonds. The first-order chi connectivity index (χ1) is 7.77. The van der Waals surface area contributed by atoms with Gasteiger partial charge in [0.2, 0.25) is 0 Å². The van der Waals surface area contributed by atoms with Crippen molar-refractivity contribution in [1.82, 2.24) is 9.97 Å². The summed E-state index contributed by atoms with van der Waals surface area (Å²) in [4.78, 5) is 8.66. The van der Waals surface area contributed by atoms with E-state index in [-0.39, 0.29) is 5.60 Å². The van der Waals surface area contributed by atoms with Crippen molar-refractivity contribution in [2.45, 2.75) is 44.1 Å². The minimum absolute atomic E-state index is 0.314. The van der Waals surface area contributed by atoms with Crippen LogP contribution in [-0.2, 0) is 10.3 Å². The van der Waals surface area contributed by atoms with Gasteiger partial charge in [0.25, 0.3) is 0 Å². The molecule has 1 heterocycles. The van der Waals surface area contributed by atoms with Gasteiger partial charge in [0.1, 0.15) is 11.4 Å². The molecule has 16 heavy (non-hydrogen) atoms. The van der Waals surface area contributed by atoms with Crippen LogP contribution in [-0.4, -0.2) is 17.1 Å². The number of nitrogens with zero attached hydrogens (tertiary/aromatic N) is 2. The Bertz CT molecular complexity index is 346. The van der Waals surface area contributed by atoms with E-state index in [1.54, 1.807) is 19.4 Å². The first-order valence-corrected chi connectivity index (χ1v) is 5.91. The average Bonchev–Trinajstić information content (AvgIpc) is 2.55. The van der Waals surface area contributed by atoms with Crippen molar-refractivity contribution in [3.8, 4) is 0 Å². The number of hydrogen-bond donors (Lipinski definition) is 1. The van der Waals surface area contributed by atoms with E-state index in [0.717, 1.165) is 18.7 Å². The van der Waals surface area contributed by atoms with Crippen LogP contribution >= 0.6 is 0 Å². The van der Waals surface area contributed by atoms with Crippen LogP contribution in [0.3, 0.4) is 0 Å². The van der Waals surface area contributed by atoms with Crippen molar-refractivity contribution in [2.24, 2.45) is 0 Å². The van der Waals surface area contributed by atoms with Gasteiger partial charge in [0, 0.05) is 13.3 Å². The maximum Gasteiger partial charge on any atom is 0.162 e. The molecule has 0 unspecified atom stereocenters. The summed E-state index contributed by atoms with van der Waals surface area (Å²) in [6.07, 6.45) is 8.59. The highest BCUT2D eigenvalue weighted by Crippen LogP contribution is 2.37. The minimum Gasteiger partial charge on any atom is -0.384 e. The second kappa shape index (κ2) is 4.78. The molecule has 1 saturated carbocycles. The highest BCUT2D eigenvalue weighted by Gasteiger charge is 2.35. The van der Waals surface area contributed by atoms with Crippen molar-refractivity contribution < 1.29 is 4.74 Å². The molecule has 1 aromatic rings. The van der Waals surface area contributed by atoms with E-state index in [9.17, 15) is 0 Å². The summed E-state index contributed by atoms with van der Waals surface area (Å²) < 4.78 is 5.72. The van der Waals surface area contributed by atoms with Crippen molar-refractivity contribution >= 4 is 5.82 Å². The molecule has 1 aliphatic rings. The normalized spacial score (nSPS) is 20.3. The van der Waals surface area contributed by atoms with Crippen LogP contribution < -0.4 is 5.73 Å². The van der Waals surface area contributed by atoms with Crippen LogP contribution in [0.1, 0.15) is 44.3 Å². The van der Waals surface area contributed by atoms with Crippen molar-refractivity contribution in [2.75, 3.05) is 12.8 Å². The molecule has 0 bridgehead atoms. The Labute approximate surface area is 96.2 Å². The van der Waals surface area contributed by atoms with E-state index < -0.39 is 0 Å². The highest BCUT2D eigenvalue weighted by atomic mass is 16.5. The second-order valence-electron chi connectivity index (χ2n) is 4.42. The molecule has 0 radical (unpaired) electrons. The third kappa shape index (κ3) is 2.16. The number of rotatable bonds is 2. The number of methoxy groups -OCH3 is 1. The lowest BCUT2D eigenvalue weighted by molar-refractivity contribution is -0.0350. The fraction of sp³-hybridized carbons (Fsp3) is 0.667. The first-order valence-electron chi connectivity index (χ1n) is 5.91. The van der Waals surface area contributed by atoms with Crippen LogP contribution in [0.15, 0.2) is 12.3 Å². The summed E-state index contributed by atoms with van der Waals surface area (Å²) >= 11 is 0. The number of nitrogen functional groups attached to an aromatic ring is 1. The molecule has 0 saturated heterocycles. The molecule has 88 valence electrons. The van der Waals surface area contributed by atoms with Crippen LogP contribution in [0, 0.1) is 0 Å². The monoisotopic (exact) mass is 221 g/mol. The van der Waals surface area contributed by atoms with Crippen molar-refractivity contribution in [3.63, 3.8) is 0 Å². The largest absolute Gasteiger partial charge is 0.384 e. The second-order valence-corrected chi connectivity index (χ2v) is 4.42. The lowest BCUT2D eigenvalue weighted by Gasteiger charge is -2.29. The maximum atomic E-state index is 5.72. The van der Waals surface area contributed by atoms with Crippen LogP contribution in [0.4, 0.5) is 5.82 Å². The minimum atomic E-state index is -0.314. The molecule has 0 spiro atoms. The van der Waals surface area contributed by atoms with E-state index in [0.29, 0.717) is 5.82 Å². The lowest BCUT2D eigenvalue weighted by atomic mass is 9.93.